The number of nitrogen functional groups attached to an aromatic ring is 1. The van der Waals surface area contributed by atoms with Crippen molar-refractivity contribution in [3.05, 3.63) is 57.7 Å². The first-order valence-electron chi connectivity index (χ1n) is 10.4. The van der Waals surface area contributed by atoms with Crippen LogP contribution in [0.15, 0.2) is 35.1 Å². The molecule has 3 heterocycles. The Labute approximate surface area is 200 Å². The van der Waals surface area contributed by atoms with Crippen molar-refractivity contribution in [2.45, 2.75) is 19.4 Å². The highest BCUT2D eigenvalue weighted by Crippen LogP contribution is 2.41. The van der Waals surface area contributed by atoms with Crippen LogP contribution in [0.4, 0.5) is 10.2 Å². The number of rotatable bonds is 6. The van der Waals surface area contributed by atoms with Crippen molar-refractivity contribution >= 4 is 51.5 Å². The molecule has 1 amide bonds. The molecule has 3 aromatic rings. The van der Waals surface area contributed by atoms with Crippen molar-refractivity contribution in [2.24, 2.45) is 0 Å². The third-order valence-corrected chi connectivity index (χ3v) is 6.33. The van der Waals surface area contributed by atoms with Crippen LogP contribution in [-0.4, -0.2) is 42.5 Å². The number of benzene rings is 1. The zero-order valence-electron chi connectivity index (χ0n) is 18.1. The molecular weight excluding hydrogens is 470 g/mol. The van der Waals surface area contributed by atoms with Gasteiger partial charge >= 0.3 is 0 Å². The quantitative estimate of drug-likeness (QED) is 0.478. The maximum absolute atomic E-state index is 14.0. The van der Waals surface area contributed by atoms with Crippen molar-refractivity contribution in [1.29, 1.82) is 0 Å². The number of aromatic nitrogens is 1. The molecule has 3 N–H and O–H groups in total. The number of furan rings is 1. The van der Waals surface area contributed by atoms with Gasteiger partial charge in [-0.3, -0.25) is 4.79 Å². The Balaban J connectivity index is 1.64. The van der Waals surface area contributed by atoms with Gasteiger partial charge in [0, 0.05) is 35.4 Å². The molecule has 10 heteroatoms. The van der Waals surface area contributed by atoms with E-state index in [1.165, 1.54) is 12.1 Å². The van der Waals surface area contributed by atoms with Crippen molar-refractivity contribution < 1.29 is 18.3 Å². The molecule has 7 nitrogen and oxygen atoms in total. The smallest absolute Gasteiger partial charge is 0.236 e. The molecule has 0 saturated heterocycles. The minimum Gasteiger partial charge on any atom is -0.478 e. The van der Waals surface area contributed by atoms with Crippen molar-refractivity contribution in [1.82, 2.24) is 15.2 Å². The molecule has 2 aromatic heterocycles. The Kier molecular flexibility index (Phi) is 6.78. The van der Waals surface area contributed by atoms with Gasteiger partial charge in [-0.25, -0.2) is 9.37 Å². The van der Waals surface area contributed by atoms with Gasteiger partial charge in [0.2, 0.25) is 11.7 Å². The lowest BCUT2D eigenvalue weighted by atomic mass is 9.99. The maximum atomic E-state index is 14.0. The topological polar surface area (TPSA) is 93.6 Å². The molecule has 0 aliphatic carbocycles. The van der Waals surface area contributed by atoms with Gasteiger partial charge in [0.05, 0.1) is 23.2 Å². The second-order valence-electron chi connectivity index (χ2n) is 7.73. The first-order chi connectivity index (χ1) is 15.8. The molecule has 0 saturated carbocycles. The Morgan fingerprint density at radius 3 is 2.91 bits per heavy atom. The molecule has 1 aliphatic heterocycles. The summed E-state index contributed by atoms with van der Waals surface area (Å²) < 4.78 is 25.9. The number of ether oxygens (including phenoxy) is 1. The van der Waals surface area contributed by atoms with Crippen LogP contribution >= 0.6 is 23.2 Å². The fraction of sp³-hybridized carbons (Fsp3) is 0.304. The molecular formula is C23H23Cl2FN4O3. The van der Waals surface area contributed by atoms with Crippen molar-refractivity contribution in [3.8, 4) is 5.75 Å². The zero-order valence-corrected chi connectivity index (χ0v) is 19.6. The minimum absolute atomic E-state index is 0.0543. The first-order valence-corrected chi connectivity index (χ1v) is 11.1. The predicted octanol–water partition coefficient (Wildman–Crippen LogP) is 4.83. The summed E-state index contributed by atoms with van der Waals surface area (Å²) in [6.07, 6.45) is 5.22. The van der Waals surface area contributed by atoms with E-state index in [1.807, 2.05) is 6.08 Å². The van der Waals surface area contributed by atoms with Crippen molar-refractivity contribution in [2.75, 3.05) is 32.4 Å². The summed E-state index contributed by atoms with van der Waals surface area (Å²) in [5, 5.41) is 3.77. The van der Waals surface area contributed by atoms with E-state index in [0.717, 1.165) is 16.5 Å². The molecule has 174 valence electrons. The van der Waals surface area contributed by atoms with E-state index >= 15 is 0 Å². The number of amides is 1. The Morgan fingerprint density at radius 2 is 2.21 bits per heavy atom. The number of likely N-dealkylation sites (N-methyl/N-ethyl adjacent to an activating group) is 1. The normalized spacial score (nSPS) is 14.9. The number of carbonyl (C=O) groups excluding carboxylic acids is 1. The SMILES string of the molecule is CNCC(=O)N1CC=C(c2coc3c(O[C@H](C)c4c(Cl)ccc(F)c4Cl)c(N)ncc23)CC1. The van der Waals surface area contributed by atoms with Crippen LogP contribution in [-0.2, 0) is 4.79 Å². The summed E-state index contributed by atoms with van der Waals surface area (Å²) in [5.41, 5.74) is 8.72. The number of nitrogens with one attached hydrogen (secondary N) is 1. The largest absolute Gasteiger partial charge is 0.478 e. The van der Waals surface area contributed by atoms with Gasteiger partial charge in [-0.2, -0.15) is 0 Å². The molecule has 1 aliphatic rings. The monoisotopic (exact) mass is 492 g/mol. The van der Waals surface area contributed by atoms with Gasteiger partial charge in [0.25, 0.3) is 0 Å². The summed E-state index contributed by atoms with van der Waals surface area (Å²) in [5.74, 6) is -0.188. The van der Waals surface area contributed by atoms with E-state index in [-0.39, 0.29) is 27.5 Å². The number of carbonyl (C=O) groups is 1. The summed E-state index contributed by atoms with van der Waals surface area (Å²) in [4.78, 5) is 18.2. The lowest BCUT2D eigenvalue weighted by Crippen LogP contribution is -2.39. The summed E-state index contributed by atoms with van der Waals surface area (Å²) in [6.45, 7) is 3.12. The highest BCUT2D eigenvalue weighted by Gasteiger charge is 2.25. The molecule has 0 fully saturated rings. The Bertz CT molecular complexity index is 1240. The van der Waals surface area contributed by atoms with Gasteiger partial charge in [0.15, 0.2) is 11.4 Å². The highest BCUT2D eigenvalue weighted by atomic mass is 35.5. The van der Waals surface area contributed by atoms with Crippen LogP contribution in [0.2, 0.25) is 10.0 Å². The van der Waals surface area contributed by atoms with Gasteiger partial charge in [-0.05, 0) is 38.1 Å². The van der Waals surface area contributed by atoms with Gasteiger partial charge in [-0.1, -0.05) is 29.3 Å². The van der Waals surface area contributed by atoms with E-state index in [2.05, 4.69) is 10.3 Å². The van der Waals surface area contributed by atoms with E-state index in [4.69, 9.17) is 38.1 Å². The van der Waals surface area contributed by atoms with Crippen LogP contribution in [0, 0.1) is 5.82 Å². The second kappa shape index (κ2) is 9.59. The third kappa shape index (κ3) is 4.51. The van der Waals surface area contributed by atoms with Crippen LogP contribution in [0.3, 0.4) is 0 Å². The van der Waals surface area contributed by atoms with Crippen molar-refractivity contribution in [3.63, 3.8) is 0 Å². The fourth-order valence-corrected chi connectivity index (χ4v) is 4.58. The van der Waals surface area contributed by atoms with Crippen LogP contribution in [0.25, 0.3) is 16.5 Å². The van der Waals surface area contributed by atoms with E-state index in [1.54, 1.807) is 31.3 Å². The van der Waals surface area contributed by atoms with Crippen LogP contribution in [0.5, 0.6) is 5.75 Å². The molecule has 0 unspecified atom stereocenters. The Morgan fingerprint density at radius 1 is 1.42 bits per heavy atom. The first kappa shape index (κ1) is 23.4. The number of nitrogens with zero attached hydrogens (tertiary/aromatic N) is 2. The lowest BCUT2D eigenvalue weighted by molar-refractivity contribution is -0.129. The second-order valence-corrected chi connectivity index (χ2v) is 8.52. The standard InChI is InChI=1S/C23H23Cl2FN4O3/c1-12(19-16(24)3-4-17(26)20(19)25)33-22-21-14(9-29-23(22)27)15(11-32-21)13-5-7-30(8-6-13)18(31)10-28-2/h3-5,9,11-12,28H,6-8,10H2,1-2H3,(H2,27,29)/t12-/m1/s1. The number of hydrogen-bond donors (Lipinski definition) is 2. The summed E-state index contributed by atoms with van der Waals surface area (Å²) >= 11 is 12.4. The van der Waals surface area contributed by atoms with Gasteiger partial charge < -0.3 is 25.1 Å². The fourth-order valence-electron chi connectivity index (χ4n) is 3.90. The maximum Gasteiger partial charge on any atom is 0.236 e. The van der Waals surface area contributed by atoms with Gasteiger partial charge in [0.1, 0.15) is 11.9 Å². The number of fused-ring (bicyclic) bond motifs is 1. The minimum atomic E-state index is -0.718. The average Bonchev–Trinajstić information content (AvgIpc) is 3.23. The molecule has 0 spiro atoms. The molecule has 0 radical (unpaired) electrons. The number of anilines is 1. The molecule has 1 aromatic carbocycles. The Hall–Kier alpha value is -2.81. The molecule has 33 heavy (non-hydrogen) atoms. The lowest BCUT2D eigenvalue weighted by Gasteiger charge is -2.26. The zero-order chi connectivity index (χ0) is 23.7. The number of hydrogen-bond acceptors (Lipinski definition) is 6. The summed E-state index contributed by atoms with van der Waals surface area (Å²) in [7, 11) is 1.75. The van der Waals surface area contributed by atoms with E-state index in [9.17, 15) is 9.18 Å². The summed E-state index contributed by atoms with van der Waals surface area (Å²) in [6, 6.07) is 2.62. The van der Waals surface area contributed by atoms with E-state index < -0.39 is 11.9 Å². The number of halogens is 3. The predicted molar refractivity (Wildman–Crippen MR) is 127 cm³/mol. The molecule has 0 bridgehead atoms. The highest BCUT2D eigenvalue weighted by molar-refractivity contribution is 6.36. The van der Waals surface area contributed by atoms with E-state index in [0.29, 0.717) is 37.2 Å². The van der Waals surface area contributed by atoms with Crippen LogP contribution < -0.4 is 15.8 Å². The number of nitrogens with two attached hydrogens (primary N) is 1. The average molecular weight is 493 g/mol. The van der Waals surface area contributed by atoms with Crippen LogP contribution in [0.1, 0.15) is 30.6 Å². The molecule has 4 rings (SSSR count). The molecule has 1 atom stereocenters. The third-order valence-electron chi connectivity index (χ3n) is 5.62. The van der Waals surface area contributed by atoms with Gasteiger partial charge in [-0.15, -0.1) is 0 Å². The number of pyridine rings is 1.